The average Bonchev–Trinajstić information content (AvgIpc) is 3.30. The monoisotopic (exact) mass is 411 g/mol. The lowest BCUT2D eigenvalue weighted by Crippen LogP contribution is -2.36. The summed E-state index contributed by atoms with van der Waals surface area (Å²) in [6.45, 7) is 0.491. The van der Waals surface area contributed by atoms with E-state index in [1.54, 1.807) is 23.1 Å². The quantitative estimate of drug-likeness (QED) is 0.509. The molecular weight excluding hydrogens is 394 g/mol. The number of thiocarbonyl (C=S) groups is 1. The SMILES string of the molecule is N#CCCN(C(=O)CCN1C(=O)/C(=C/c2ccco2)SC1=S)c1ccccc1. The molecule has 142 valence electrons. The molecule has 0 saturated carbocycles. The maximum atomic E-state index is 12.8. The van der Waals surface area contributed by atoms with E-state index in [4.69, 9.17) is 21.9 Å². The number of anilines is 1. The van der Waals surface area contributed by atoms with Gasteiger partial charge in [-0.1, -0.05) is 42.2 Å². The summed E-state index contributed by atoms with van der Waals surface area (Å²) in [5.41, 5.74) is 0.728. The van der Waals surface area contributed by atoms with Crippen LogP contribution in [-0.4, -0.2) is 34.1 Å². The molecule has 1 aromatic heterocycles. The lowest BCUT2D eigenvalue weighted by molar-refractivity contribution is -0.123. The van der Waals surface area contributed by atoms with Crippen molar-refractivity contribution in [2.75, 3.05) is 18.0 Å². The smallest absolute Gasteiger partial charge is 0.266 e. The standard InChI is InChI=1S/C20H17N3O3S2/c21-10-5-11-22(15-6-2-1-3-7-15)18(24)9-12-23-19(25)17(28-20(23)27)14-16-8-4-13-26-16/h1-4,6-8,13-14H,5,9,11-12H2/b17-14-. The van der Waals surface area contributed by atoms with Crippen molar-refractivity contribution in [3.8, 4) is 6.07 Å². The molecule has 1 fully saturated rings. The molecule has 0 unspecified atom stereocenters. The number of hydrogen-bond donors (Lipinski definition) is 0. The van der Waals surface area contributed by atoms with Gasteiger partial charge < -0.3 is 9.32 Å². The van der Waals surface area contributed by atoms with Gasteiger partial charge in [-0.05, 0) is 24.3 Å². The molecule has 2 heterocycles. The van der Waals surface area contributed by atoms with Gasteiger partial charge in [-0.2, -0.15) is 5.26 Å². The zero-order chi connectivity index (χ0) is 19.9. The van der Waals surface area contributed by atoms with Crippen molar-refractivity contribution in [2.45, 2.75) is 12.8 Å². The lowest BCUT2D eigenvalue weighted by atomic mass is 10.2. The molecule has 0 aliphatic carbocycles. The molecule has 1 aromatic carbocycles. The van der Waals surface area contributed by atoms with Gasteiger partial charge in [0.2, 0.25) is 5.91 Å². The molecule has 0 bridgehead atoms. The van der Waals surface area contributed by atoms with Crippen molar-refractivity contribution >= 4 is 51.9 Å². The molecule has 3 rings (SSSR count). The summed E-state index contributed by atoms with van der Waals surface area (Å²) in [6, 6.07) is 14.7. The van der Waals surface area contributed by atoms with Gasteiger partial charge in [-0.15, -0.1) is 0 Å². The number of furan rings is 1. The number of rotatable bonds is 7. The fraction of sp³-hybridized carbons (Fsp3) is 0.200. The Morgan fingerprint density at radius 1 is 1.29 bits per heavy atom. The van der Waals surface area contributed by atoms with Crippen LogP contribution < -0.4 is 4.90 Å². The van der Waals surface area contributed by atoms with Crippen LogP contribution in [0.25, 0.3) is 6.08 Å². The Labute approximate surface area is 172 Å². The number of thioether (sulfide) groups is 1. The fourth-order valence-electron chi connectivity index (χ4n) is 2.71. The van der Waals surface area contributed by atoms with Crippen molar-refractivity contribution in [3.05, 3.63) is 59.4 Å². The summed E-state index contributed by atoms with van der Waals surface area (Å²) in [4.78, 5) is 28.8. The number of amides is 2. The first kappa shape index (κ1) is 19.9. The zero-order valence-corrected chi connectivity index (χ0v) is 16.5. The first-order valence-corrected chi connectivity index (χ1v) is 9.84. The van der Waals surface area contributed by atoms with Gasteiger partial charge in [0, 0.05) is 31.3 Å². The summed E-state index contributed by atoms with van der Waals surface area (Å²) in [7, 11) is 0. The number of hydrogen-bond acceptors (Lipinski definition) is 6. The molecule has 1 aliphatic heterocycles. The Balaban J connectivity index is 1.66. The number of carbonyl (C=O) groups excluding carboxylic acids is 2. The van der Waals surface area contributed by atoms with Crippen LogP contribution in [0.2, 0.25) is 0 Å². The second-order valence-electron chi connectivity index (χ2n) is 5.89. The van der Waals surface area contributed by atoms with E-state index >= 15 is 0 Å². The molecule has 28 heavy (non-hydrogen) atoms. The minimum atomic E-state index is -0.234. The maximum absolute atomic E-state index is 12.8. The maximum Gasteiger partial charge on any atom is 0.266 e. The second kappa shape index (κ2) is 9.35. The highest BCUT2D eigenvalue weighted by Crippen LogP contribution is 2.32. The van der Waals surface area contributed by atoms with E-state index in [9.17, 15) is 9.59 Å². The van der Waals surface area contributed by atoms with Crippen LogP contribution in [0.1, 0.15) is 18.6 Å². The topological polar surface area (TPSA) is 77.5 Å². The van der Waals surface area contributed by atoms with E-state index in [2.05, 4.69) is 6.07 Å². The lowest BCUT2D eigenvalue weighted by Gasteiger charge is -2.23. The fourth-order valence-corrected chi connectivity index (χ4v) is 3.99. The van der Waals surface area contributed by atoms with Gasteiger partial charge in [0.15, 0.2) is 0 Å². The summed E-state index contributed by atoms with van der Waals surface area (Å²) in [5, 5.41) is 8.88. The highest BCUT2D eigenvalue weighted by molar-refractivity contribution is 8.26. The molecule has 1 aliphatic rings. The molecular formula is C20H17N3O3S2. The average molecular weight is 412 g/mol. The van der Waals surface area contributed by atoms with Crippen molar-refractivity contribution in [1.82, 2.24) is 4.90 Å². The van der Waals surface area contributed by atoms with Crippen LogP contribution in [0.3, 0.4) is 0 Å². The molecule has 0 radical (unpaired) electrons. The van der Waals surface area contributed by atoms with E-state index in [0.29, 0.717) is 21.5 Å². The summed E-state index contributed by atoms with van der Waals surface area (Å²) >= 11 is 6.49. The van der Waals surface area contributed by atoms with Gasteiger partial charge in [0.25, 0.3) is 5.91 Å². The largest absolute Gasteiger partial charge is 0.465 e. The van der Waals surface area contributed by atoms with Crippen LogP contribution in [0.5, 0.6) is 0 Å². The van der Waals surface area contributed by atoms with Crippen molar-refractivity contribution < 1.29 is 14.0 Å². The highest BCUT2D eigenvalue weighted by Gasteiger charge is 2.32. The molecule has 0 spiro atoms. The Morgan fingerprint density at radius 2 is 2.07 bits per heavy atom. The van der Waals surface area contributed by atoms with E-state index in [1.807, 2.05) is 30.3 Å². The number of nitriles is 1. The predicted octanol–water partition coefficient (Wildman–Crippen LogP) is 3.82. The Kier molecular flexibility index (Phi) is 6.63. The number of para-hydroxylation sites is 1. The van der Waals surface area contributed by atoms with Crippen molar-refractivity contribution in [3.63, 3.8) is 0 Å². The molecule has 0 atom stereocenters. The Bertz CT molecular complexity index is 933. The van der Waals surface area contributed by atoms with Crippen molar-refractivity contribution in [2.24, 2.45) is 0 Å². The highest BCUT2D eigenvalue weighted by atomic mass is 32.2. The first-order valence-electron chi connectivity index (χ1n) is 8.61. The van der Waals surface area contributed by atoms with Crippen LogP contribution in [0, 0.1) is 11.3 Å². The summed E-state index contributed by atoms with van der Waals surface area (Å²) < 4.78 is 5.66. The third-order valence-corrected chi connectivity index (χ3v) is 5.43. The van der Waals surface area contributed by atoms with E-state index < -0.39 is 0 Å². The Hall–Kier alpha value is -2.89. The molecule has 1 saturated heterocycles. The van der Waals surface area contributed by atoms with Crippen LogP contribution in [-0.2, 0) is 9.59 Å². The van der Waals surface area contributed by atoms with Gasteiger partial charge in [0.05, 0.1) is 23.7 Å². The predicted molar refractivity (Wildman–Crippen MR) is 112 cm³/mol. The minimum Gasteiger partial charge on any atom is -0.465 e. The third-order valence-electron chi connectivity index (χ3n) is 4.06. The van der Waals surface area contributed by atoms with Gasteiger partial charge >= 0.3 is 0 Å². The summed E-state index contributed by atoms with van der Waals surface area (Å²) in [5.74, 6) is 0.177. The third kappa shape index (κ3) is 4.68. The van der Waals surface area contributed by atoms with Crippen LogP contribution in [0.15, 0.2) is 58.1 Å². The van der Waals surface area contributed by atoms with Crippen LogP contribution >= 0.6 is 24.0 Å². The van der Waals surface area contributed by atoms with Crippen molar-refractivity contribution in [1.29, 1.82) is 5.26 Å². The first-order chi connectivity index (χ1) is 13.6. The van der Waals surface area contributed by atoms with E-state index in [-0.39, 0.29) is 31.2 Å². The second-order valence-corrected chi connectivity index (χ2v) is 7.56. The zero-order valence-electron chi connectivity index (χ0n) is 14.9. The molecule has 2 amide bonds. The van der Waals surface area contributed by atoms with Crippen LogP contribution in [0.4, 0.5) is 5.69 Å². The summed E-state index contributed by atoms with van der Waals surface area (Å²) in [6.07, 6.45) is 3.52. The van der Waals surface area contributed by atoms with E-state index in [0.717, 1.165) is 5.69 Å². The van der Waals surface area contributed by atoms with Gasteiger partial charge in [0.1, 0.15) is 10.1 Å². The molecule has 6 nitrogen and oxygen atoms in total. The number of nitrogens with zero attached hydrogens (tertiary/aromatic N) is 3. The Morgan fingerprint density at radius 3 is 2.75 bits per heavy atom. The van der Waals surface area contributed by atoms with E-state index in [1.165, 1.54) is 22.9 Å². The number of carbonyl (C=O) groups is 2. The van der Waals surface area contributed by atoms with Gasteiger partial charge in [-0.3, -0.25) is 14.5 Å². The molecule has 2 aromatic rings. The minimum absolute atomic E-state index is 0.112. The molecule has 0 N–H and O–H groups in total. The normalized spacial score (nSPS) is 15.1. The molecule has 8 heteroatoms. The number of benzene rings is 1. The van der Waals surface area contributed by atoms with Gasteiger partial charge in [-0.25, -0.2) is 0 Å².